The van der Waals surface area contributed by atoms with Crippen LogP contribution < -0.4 is 10.8 Å². The summed E-state index contributed by atoms with van der Waals surface area (Å²) in [5.41, 5.74) is 7.32. The summed E-state index contributed by atoms with van der Waals surface area (Å²) in [5.74, 6) is -1.01. The fraction of sp³-hybridized carbons (Fsp3) is 0.289. The molecule has 11 heteroatoms. The van der Waals surface area contributed by atoms with Gasteiger partial charge in [-0.15, -0.1) is 11.8 Å². The molecule has 4 aromatic carbocycles. The molecule has 2 amide bonds. The van der Waals surface area contributed by atoms with Gasteiger partial charge in [-0.2, -0.15) is 0 Å². The molecular formula is C38H40N2O8S. The number of benzene rings is 4. The molecule has 5 rings (SSSR count). The van der Waals surface area contributed by atoms with Crippen molar-refractivity contribution in [1.82, 2.24) is 10.8 Å². The molecule has 0 saturated carbocycles. The zero-order chi connectivity index (χ0) is 34.6. The van der Waals surface area contributed by atoms with Gasteiger partial charge in [0, 0.05) is 42.0 Å². The van der Waals surface area contributed by atoms with Gasteiger partial charge in [-0.25, -0.2) is 10.3 Å². The van der Waals surface area contributed by atoms with E-state index in [0.29, 0.717) is 42.9 Å². The molecule has 5 N–H and O–H groups in total. The third-order valence-corrected chi connectivity index (χ3v) is 9.45. The summed E-state index contributed by atoms with van der Waals surface area (Å²) >= 11 is 1.45. The average molecular weight is 685 g/mol. The minimum absolute atomic E-state index is 0.0481. The van der Waals surface area contributed by atoms with E-state index in [9.17, 15) is 24.6 Å². The normalized spacial score (nSPS) is 17.3. The SMILES string of the molecule is O=C(CCCCC(=O)NCc1cccc(-c2cccc([C@H]3O[C@@H](CSc4ccccc4C(=O)O)C[C@@H](c4ccc(CO)cc4)O3)c2)c1)NO. The minimum atomic E-state index is -0.971. The topological polar surface area (TPSA) is 154 Å². The van der Waals surface area contributed by atoms with Gasteiger partial charge in [-0.05, 0) is 64.9 Å². The number of carboxylic acids is 1. The van der Waals surface area contributed by atoms with Crippen LogP contribution in [-0.4, -0.2) is 45.1 Å². The maximum Gasteiger partial charge on any atom is 0.336 e. The monoisotopic (exact) mass is 684 g/mol. The van der Waals surface area contributed by atoms with Gasteiger partial charge in [0.15, 0.2) is 6.29 Å². The number of carboxylic acid groups (broad SMARTS) is 1. The number of carbonyl (C=O) groups excluding carboxylic acids is 2. The van der Waals surface area contributed by atoms with E-state index in [1.807, 2.05) is 78.9 Å². The summed E-state index contributed by atoms with van der Waals surface area (Å²) < 4.78 is 13.1. The number of aromatic carboxylic acids is 1. The first-order valence-electron chi connectivity index (χ1n) is 16.2. The van der Waals surface area contributed by atoms with Crippen molar-refractivity contribution in [2.24, 2.45) is 0 Å². The van der Waals surface area contributed by atoms with Gasteiger partial charge >= 0.3 is 5.97 Å². The Kier molecular flexibility index (Phi) is 13.0. The molecule has 1 saturated heterocycles. The Hall–Kier alpha value is -4.52. The van der Waals surface area contributed by atoms with Crippen molar-refractivity contribution in [3.63, 3.8) is 0 Å². The lowest BCUT2D eigenvalue weighted by Gasteiger charge is -2.36. The Balaban J connectivity index is 1.29. The molecule has 0 spiro atoms. The average Bonchev–Trinajstić information content (AvgIpc) is 3.15. The van der Waals surface area contributed by atoms with Crippen LogP contribution in [0.15, 0.2) is 102 Å². The predicted octanol–water partition coefficient (Wildman–Crippen LogP) is 6.56. The van der Waals surface area contributed by atoms with Crippen LogP contribution >= 0.6 is 11.8 Å². The predicted molar refractivity (Wildman–Crippen MR) is 185 cm³/mol. The van der Waals surface area contributed by atoms with Gasteiger partial charge in [0.2, 0.25) is 11.8 Å². The van der Waals surface area contributed by atoms with Crippen LogP contribution in [0.3, 0.4) is 0 Å². The number of rotatable bonds is 15. The molecular weight excluding hydrogens is 644 g/mol. The molecule has 49 heavy (non-hydrogen) atoms. The van der Waals surface area contributed by atoms with E-state index in [0.717, 1.165) is 33.4 Å². The number of hydrogen-bond donors (Lipinski definition) is 5. The summed E-state index contributed by atoms with van der Waals surface area (Å²) in [5, 5.41) is 30.7. The zero-order valence-electron chi connectivity index (χ0n) is 26.9. The number of aliphatic hydroxyl groups is 1. The van der Waals surface area contributed by atoms with E-state index in [2.05, 4.69) is 5.32 Å². The summed E-state index contributed by atoms with van der Waals surface area (Å²) in [6, 6.07) is 30.5. The van der Waals surface area contributed by atoms with Crippen LogP contribution in [0.2, 0.25) is 0 Å². The minimum Gasteiger partial charge on any atom is -0.478 e. The Labute approximate surface area is 289 Å². The Morgan fingerprint density at radius 1 is 0.776 bits per heavy atom. The summed E-state index contributed by atoms with van der Waals surface area (Å²) in [7, 11) is 0. The van der Waals surface area contributed by atoms with E-state index >= 15 is 0 Å². The molecule has 10 nitrogen and oxygen atoms in total. The standard InChI is InChI=1S/C38H40N2O8S/c41-23-25-15-17-27(18-16-25)33-21-31(24-49-34-12-2-1-11-32(34)37(44)45)47-38(48-33)30-10-6-9-29(20-30)28-8-5-7-26(19-28)22-39-35(42)13-3-4-14-36(43)40-46/h1-2,5-12,15-20,31,33,38,41,46H,3-4,13-14,21-24H2,(H,39,42)(H,40,43)(H,44,45)/t31-,33+,38+/m1/s1. The summed E-state index contributed by atoms with van der Waals surface area (Å²) in [6.07, 6.45) is 0.882. The second-order valence-electron chi connectivity index (χ2n) is 11.8. The van der Waals surface area contributed by atoms with E-state index in [1.165, 1.54) is 11.8 Å². The van der Waals surface area contributed by atoms with Crippen LogP contribution in [0.1, 0.15) is 77.1 Å². The molecule has 1 aliphatic heterocycles. The highest BCUT2D eigenvalue weighted by atomic mass is 32.2. The van der Waals surface area contributed by atoms with Gasteiger partial charge in [0.25, 0.3) is 0 Å². The molecule has 3 atom stereocenters. The second-order valence-corrected chi connectivity index (χ2v) is 12.9. The number of aliphatic hydroxyl groups excluding tert-OH is 1. The van der Waals surface area contributed by atoms with Gasteiger partial charge < -0.3 is 25.0 Å². The summed E-state index contributed by atoms with van der Waals surface area (Å²) in [4.78, 5) is 35.9. The number of amides is 2. The van der Waals surface area contributed by atoms with Gasteiger partial charge in [-0.1, -0.05) is 72.8 Å². The van der Waals surface area contributed by atoms with Crippen molar-refractivity contribution in [1.29, 1.82) is 0 Å². The number of nitrogens with one attached hydrogen (secondary N) is 2. The molecule has 0 unspecified atom stereocenters. The third-order valence-electron chi connectivity index (χ3n) is 8.25. The first-order valence-corrected chi connectivity index (χ1v) is 17.2. The lowest BCUT2D eigenvalue weighted by Crippen LogP contribution is -2.31. The highest BCUT2D eigenvalue weighted by Gasteiger charge is 2.32. The molecule has 1 heterocycles. The summed E-state index contributed by atoms with van der Waals surface area (Å²) in [6.45, 7) is 0.312. The lowest BCUT2D eigenvalue weighted by molar-refractivity contribution is -0.245. The molecule has 1 aliphatic rings. The highest BCUT2D eigenvalue weighted by Crippen LogP contribution is 2.40. The third kappa shape index (κ3) is 10.2. The Bertz CT molecular complexity index is 1730. The molecule has 0 bridgehead atoms. The molecule has 4 aromatic rings. The fourth-order valence-electron chi connectivity index (χ4n) is 5.62. The lowest BCUT2D eigenvalue weighted by atomic mass is 9.99. The number of hydroxylamine groups is 1. The Morgan fingerprint density at radius 2 is 1.49 bits per heavy atom. The van der Waals surface area contributed by atoms with Crippen molar-refractivity contribution in [2.45, 2.75) is 68.6 Å². The van der Waals surface area contributed by atoms with Crippen molar-refractivity contribution < 1.29 is 39.3 Å². The van der Waals surface area contributed by atoms with Crippen molar-refractivity contribution in [3.05, 3.63) is 125 Å². The smallest absolute Gasteiger partial charge is 0.336 e. The van der Waals surface area contributed by atoms with Gasteiger partial charge in [0.1, 0.15) is 0 Å². The highest BCUT2D eigenvalue weighted by molar-refractivity contribution is 7.99. The van der Waals surface area contributed by atoms with Crippen LogP contribution in [-0.2, 0) is 32.2 Å². The van der Waals surface area contributed by atoms with Crippen LogP contribution in [0.5, 0.6) is 0 Å². The number of hydrogen-bond acceptors (Lipinski definition) is 8. The van der Waals surface area contributed by atoms with Crippen LogP contribution in [0.25, 0.3) is 11.1 Å². The van der Waals surface area contributed by atoms with E-state index < -0.39 is 18.2 Å². The van der Waals surface area contributed by atoms with E-state index in [1.54, 1.807) is 23.7 Å². The zero-order valence-corrected chi connectivity index (χ0v) is 27.7. The number of thioether (sulfide) groups is 1. The van der Waals surface area contributed by atoms with Crippen molar-refractivity contribution in [3.8, 4) is 11.1 Å². The number of carbonyl (C=O) groups is 3. The molecule has 0 aliphatic carbocycles. The van der Waals surface area contributed by atoms with Gasteiger partial charge in [0.05, 0.1) is 24.4 Å². The largest absolute Gasteiger partial charge is 0.478 e. The molecule has 256 valence electrons. The van der Waals surface area contributed by atoms with Crippen LogP contribution in [0.4, 0.5) is 0 Å². The second kappa shape index (κ2) is 17.8. The quantitative estimate of drug-likeness (QED) is 0.0405. The first kappa shape index (κ1) is 35.8. The van der Waals surface area contributed by atoms with Gasteiger partial charge in [-0.3, -0.25) is 14.8 Å². The number of ether oxygens (including phenoxy) is 2. The maximum absolute atomic E-state index is 12.3. The molecule has 0 aromatic heterocycles. The maximum atomic E-state index is 12.3. The van der Waals surface area contributed by atoms with Crippen molar-refractivity contribution >= 4 is 29.5 Å². The number of unbranched alkanes of at least 4 members (excludes halogenated alkanes) is 1. The van der Waals surface area contributed by atoms with Crippen LogP contribution in [0, 0.1) is 0 Å². The fourth-order valence-corrected chi connectivity index (χ4v) is 6.68. The van der Waals surface area contributed by atoms with E-state index in [4.69, 9.17) is 14.7 Å². The first-order chi connectivity index (χ1) is 23.8. The van der Waals surface area contributed by atoms with Crippen molar-refractivity contribution in [2.75, 3.05) is 5.75 Å². The molecule has 1 fully saturated rings. The Morgan fingerprint density at radius 3 is 2.22 bits per heavy atom. The molecule has 0 radical (unpaired) electrons. The van der Waals surface area contributed by atoms with E-state index in [-0.39, 0.29) is 36.7 Å².